The highest BCUT2D eigenvalue weighted by Crippen LogP contribution is 2.21. The van der Waals surface area contributed by atoms with Crippen molar-refractivity contribution in [3.63, 3.8) is 0 Å². The van der Waals surface area contributed by atoms with Gasteiger partial charge in [-0.2, -0.15) is 0 Å². The molecule has 0 aliphatic carbocycles. The van der Waals surface area contributed by atoms with Crippen molar-refractivity contribution in [1.82, 2.24) is 34.1 Å². The minimum absolute atomic E-state index is 0.212. The minimum atomic E-state index is -0.412. The Bertz CT molecular complexity index is 1110. The summed E-state index contributed by atoms with van der Waals surface area (Å²) in [5, 5.41) is 8.36. The van der Waals surface area contributed by atoms with Crippen molar-refractivity contribution in [3.8, 4) is 11.5 Å². The Morgan fingerprint density at radius 2 is 2.04 bits per heavy atom. The maximum atomic E-state index is 14.1. The minimum Gasteiger partial charge on any atom is -0.324 e. The first-order chi connectivity index (χ1) is 12.7. The number of hydrogen-bond acceptors (Lipinski definition) is 5. The zero-order valence-electron chi connectivity index (χ0n) is 14.3. The topological polar surface area (TPSA) is 73.8 Å². The maximum Gasteiger partial charge on any atom is 0.171 e. The van der Waals surface area contributed by atoms with Crippen molar-refractivity contribution in [3.05, 3.63) is 66.0 Å². The zero-order chi connectivity index (χ0) is 18.1. The Hall–Kier alpha value is -3.42. The molecule has 0 spiro atoms. The second kappa shape index (κ2) is 6.47. The third-order valence-corrected chi connectivity index (χ3v) is 4.09. The van der Waals surface area contributed by atoms with E-state index in [1.807, 2.05) is 35.0 Å². The summed E-state index contributed by atoms with van der Waals surface area (Å²) in [6, 6.07) is 2.93. The van der Waals surface area contributed by atoms with Gasteiger partial charge in [0.05, 0.1) is 12.2 Å². The normalized spacial score (nSPS) is 11.7. The van der Waals surface area contributed by atoms with Gasteiger partial charge in [0, 0.05) is 24.2 Å². The number of nitrogens with zero attached hydrogens (tertiary/aromatic N) is 7. The number of allylic oxidation sites excluding steroid dienone is 1. The van der Waals surface area contributed by atoms with E-state index in [2.05, 4.69) is 25.1 Å². The first-order valence-corrected chi connectivity index (χ1v) is 8.13. The number of aryl methyl sites for hydroxylation is 1. The van der Waals surface area contributed by atoms with Gasteiger partial charge in [-0.25, -0.2) is 19.3 Å². The molecule has 0 aliphatic rings. The van der Waals surface area contributed by atoms with Crippen molar-refractivity contribution in [2.75, 3.05) is 0 Å². The molecule has 0 fully saturated rings. The molecule has 4 aromatic rings. The van der Waals surface area contributed by atoms with Gasteiger partial charge in [-0.05, 0) is 26.0 Å². The molecule has 0 aliphatic heterocycles. The molecule has 4 heterocycles. The fourth-order valence-electron chi connectivity index (χ4n) is 2.85. The lowest BCUT2D eigenvalue weighted by molar-refractivity contribution is 0.621. The van der Waals surface area contributed by atoms with Gasteiger partial charge < -0.3 is 4.57 Å². The van der Waals surface area contributed by atoms with E-state index in [1.54, 1.807) is 31.0 Å². The average Bonchev–Trinajstić information content (AvgIpc) is 3.25. The molecule has 8 heteroatoms. The monoisotopic (exact) mass is 349 g/mol. The summed E-state index contributed by atoms with van der Waals surface area (Å²) >= 11 is 0. The van der Waals surface area contributed by atoms with E-state index < -0.39 is 5.82 Å². The van der Waals surface area contributed by atoms with Gasteiger partial charge in [-0.15, -0.1) is 10.2 Å². The highest BCUT2D eigenvalue weighted by atomic mass is 19.1. The second-order valence-corrected chi connectivity index (χ2v) is 5.76. The number of fused-ring (bicyclic) bond motifs is 1. The fraction of sp³-hybridized carbons (Fsp3) is 0.167. The number of halogens is 1. The van der Waals surface area contributed by atoms with Crippen LogP contribution in [-0.2, 0) is 6.54 Å². The van der Waals surface area contributed by atoms with Crippen molar-refractivity contribution >= 4 is 11.7 Å². The molecule has 4 aromatic heterocycles. The molecular formula is C18H16FN7. The van der Waals surface area contributed by atoms with Crippen LogP contribution in [0.25, 0.3) is 23.2 Å². The third-order valence-electron chi connectivity index (χ3n) is 4.09. The molecule has 0 radical (unpaired) electrons. The predicted octanol–water partition coefficient (Wildman–Crippen LogP) is 2.91. The van der Waals surface area contributed by atoms with E-state index in [9.17, 15) is 4.39 Å². The summed E-state index contributed by atoms with van der Waals surface area (Å²) in [7, 11) is 0. The first kappa shape index (κ1) is 16.1. The molecule has 4 rings (SSSR count). The molecule has 0 atom stereocenters. The highest BCUT2D eigenvalue weighted by Gasteiger charge is 2.16. The SMILES string of the molecule is C/C=C\c1c(Cn2ccnc2-c2ncccc2F)ncn2c(C)nnc12. The van der Waals surface area contributed by atoms with Gasteiger partial charge in [0.1, 0.15) is 17.8 Å². The molecule has 0 saturated carbocycles. The van der Waals surface area contributed by atoms with Gasteiger partial charge in [-0.1, -0.05) is 12.2 Å². The average molecular weight is 349 g/mol. The first-order valence-electron chi connectivity index (χ1n) is 8.13. The number of aromatic nitrogens is 7. The van der Waals surface area contributed by atoms with Crippen LogP contribution in [0, 0.1) is 12.7 Å². The van der Waals surface area contributed by atoms with Crippen LogP contribution < -0.4 is 0 Å². The molecule has 0 aromatic carbocycles. The summed E-state index contributed by atoms with van der Waals surface area (Å²) in [4.78, 5) is 12.9. The lowest BCUT2D eigenvalue weighted by Gasteiger charge is -2.10. The Labute approximate surface area is 148 Å². The second-order valence-electron chi connectivity index (χ2n) is 5.76. The Morgan fingerprint density at radius 1 is 1.15 bits per heavy atom. The van der Waals surface area contributed by atoms with Crippen LogP contribution in [0.2, 0.25) is 0 Å². The Morgan fingerprint density at radius 3 is 2.85 bits per heavy atom. The van der Waals surface area contributed by atoms with Gasteiger partial charge in [-0.3, -0.25) is 4.40 Å². The van der Waals surface area contributed by atoms with Crippen LogP contribution in [0.1, 0.15) is 24.0 Å². The van der Waals surface area contributed by atoms with Crippen LogP contribution in [0.5, 0.6) is 0 Å². The fourth-order valence-corrected chi connectivity index (χ4v) is 2.85. The van der Waals surface area contributed by atoms with E-state index in [0.717, 1.165) is 22.7 Å². The Kier molecular flexibility index (Phi) is 4.00. The molecule has 130 valence electrons. The predicted molar refractivity (Wildman–Crippen MR) is 94.7 cm³/mol. The van der Waals surface area contributed by atoms with Crippen LogP contribution in [0.4, 0.5) is 4.39 Å². The van der Waals surface area contributed by atoms with Crippen LogP contribution in [0.15, 0.2) is 43.1 Å². The molecule has 7 nitrogen and oxygen atoms in total. The van der Waals surface area contributed by atoms with Gasteiger partial charge in [0.2, 0.25) is 0 Å². The van der Waals surface area contributed by atoms with E-state index in [4.69, 9.17) is 0 Å². The van der Waals surface area contributed by atoms with Gasteiger partial charge in [0.25, 0.3) is 0 Å². The van der Waals surface area contributed by atoms with E-state index in [0.29, 0.717) is 12.4 Å². The lowest BCUT2D eigenvalue weighted by Crippen LogP contribution is -2.08. The summed E-state index contributed by atoms with van der Waals surface area (Å²) in [6.45, 7) is 4.22. The van der Waals surface area contributed by atoms with Gasteiger partial charge >= 0.3 is 0 Å². The molecule has 0 bridgehead atoms. The number of hydrogen-bond donors (Lipinski definition) is 0. The lowest BCUT2D eigenvalue weighted by atomic mass is 10.2. The third kappa shape index (κ3) is 2.65. The summed E-state index contributed by atoms with van der Waals surface area (Å²) < 4.78 is 17.8. The molecule has 26 heavy (non-hydrogen) atoms. The van der Waals surface area contributed by atoms with Gasteiger partial charge in [0.15, 0.2) is 17.3 Å². The standard InChI is InChI=1S/C18H16FN7/c1-3-5-13-15(22-11-26-12(2)23-24-17(13)26)10-25-9-8-21-18(25)16-14(19)6-4-7-20-16/h3-9,11H,10H2,1-2H3/b5-3-. The summed E-state index contributed by atoms with van der Waals surface area (Å²) in [6.07, 6.45) is 10.5. The number of rotatable bonds is 4. The smallest absolute Gasteiger partial charge is 0.171 e. The van der Waals surface area contributed by atoms with Crippen molar-refractivity contribution < 1.29 is 4.39 Å². The number of imidazole rings is 1. The van der Waals surface area contributed by atoms with Crippen LogP contribution >= 0.6 is 0 Å². The van der Waals surface area contributed by atoms with Crippen molar-refractivity contribution in [1.29, 1.82) is 0 Å². The maximum absolute atomic E-state index is 14.1. The van der Waals surface area contributed by atoms with E-state index in [-0.39, 0.29) is 5.69 Å². The summed E-state index contributed by atoms with van der Waals surface area (Å²) in [5.41, 5.74) is 2.61. The zero-order valence-corrected chi connectivity index (χ0v) is 14.3. The quantitative estimate of drug-likeness (QED) is 0.566. The molecule has 0 amide bonds. The molecule has 0 unspecified atom stereocenters. The summed E-state index contributed by atoms with van der Waals surface area (Å²) in [5.74, 6) is 0.808. The highest BCUT2D eigenvalue weighted by molar-refractivity contribution is 5.67. The van der Waals surface area contributed by atoms with E-state index >= 15 is 0 Å². The van der Waals surface area contributed by atoms with E-state index in [1.165, 1.54) is 6.07 Å². The molecular weight excluding hydrogens is 333 g/mol. The number of pyridine rings is 1. The Balaban J connectivity index is 1.81. The molecule has 0 N–H and O–H groups in total. The largest absolute Gasteiger partial charge is 0.324 e. The van der Waals surface area contributed by atoms with Crippen LogP contribution in [-0.4, -0.2) is 34.1 Å². The molecule has 0 saturated heterocycles. The van der Waals surface area contributed by atoms with Crippen LogP contribution in [0.3, 0.4) is 0 Å². The van der Waals surface area contributed by atoms with Crippen molar-refractivity contribution in [2.45, 2.75) is 20.4 Å². The van der Waals surface area contributed by atoms with Crippen molar-refractivity contribution in [2.24, 2.45) is 0 Å².